The lowest BCUT2D eigenvalue weighted by atomic mass is 10.1. The van der Waals surface area contributed by atoms with Gasteiger partial charge < -0.3 is 20.2 Å². The quantitative estimate of drug-likeness (QED) is 0.360. The van der Waals surface area contributed by atoms with Gasteiger partial charge in [-0.3, -0.25) is 0 Å². The van der Waals surface area contributed by atoms with Crippen LogP contribution < -0.4 is 5.32 Å². The van der Waals surface area contributed by atoms with Crippen LogP contribution in [0.5, 0.6) is 0 Å². The van der Waals surface area contributed by atoms with Crippen molar-refractivity contribution in [1.29, 1.82) is 0 Å². The molecule has 0 aromatic rings. The lowest BCUT2D eigenvalue weighted by Crippen LogP contribution is -2.44. The van der Waals surface area contributed by atoms with E-state index in [0.29, 0.717) is 6.61 Å². The molecule has 0 aromatic heterocycles. The van der Waals surface area contributed by atoms with Crippen LogP contribution in [0.1, 0.15) is 84.0 Å². The zero-order chi connectivity index (χ0) is 18.7. The highest BCUT2D eigenvalue weighted by Crippen LogP contribution is 2.11. The molecule has 1 heterocycles. The summed E-state index contributed by atoms with van der Waals surface area (Å²) in [5, 5.41) is 12.6. The van der Waals surface area contributed by atoms with E-state index in [1.165, 1.54) is 103 Å². The predicted molar refractivity (Wildman–Crippen MR) is 114 cm³/mol. The molecule has 0 saturated carbocycles. The van der Waals surface area contributed by atoms with Gasteiger partial charge in [0.25, 0.3) is 0 Å². The van der Waals surface area contributed by atoms with Crippen LogP contribution in [-0.4, -0.2) is 73.9 Å². The Bertz CT molecular complexity index is 283. The van der Waals surface area contributed by atoms with Crippen molar-refractivity contribution in [3.63, 3.8) is 0 Å². The van der Waals surface area contributed by atoms with E-state index in [2.05, 4.69) is 22.0 Å². The summed E-state index contributed by atoms with van der Waals surface area (Å²) in [6, 6.07) is 0. The highest BCUT2D eigenvalue weighted by atomic mass is 16.3. The summed E-state index contributed by atoms with van der Waals surface area (Å²) in [7, 11) is 0. The molecule has 0 aromatic carbocycles. The maximum absolute atomic E-state index is 9.15. The number of rotatable bonds is 18. The number of hydrogen-bond acceptors (Lipinski definition) is 4. The number of aliphatic hydroxyl groups is 1. The van der Waals surface area contributed by atoms with Crippen molar-refractivity contribution in [2.24, 2.45) is 0 Å². The van der Waals surface area contributed by atoms with Gasteiger partial charge in [0.2, 0.25) is 0 Å². The van der Waals surface area contributed by atoms with Crippen LogP contribution in [-0.2, 0) is 0 Å². The number of hydrogen-bond donors (Lipinski definition) is 2. The molecule has 0 aliphatic carbocycles. The molecule has 1 rings (SSSR count). The van der Waals surface area contributed by atoms with Crippen LogP contribution in [0, 0.1) is 0 Å². The van der Waals surface area contributed by atoms with Gasteiger partial charge in [-0.05, 0) is 38.9 Å². The number of unbranched alkanes of at least 4 members (excludes halogenated alkanes) is 9. The molecule has 0 unspecified atom stereocenters. The molecule has 26 heavy (non-hydrogen) atoms. The molecule has 1 aliphatic rings. The van der Waals surface area contributed by atoms with E-state index in [0.717, 1.165) is 26.1 Å². The lowest BCUT2D eigenvalue weighted by Gasteiger charge is -2.28. The van der Waals surface area contributed by atoms with E-state index in [1.807, 2.05) is 0 Å². The second-order valence-electron chi connectivity index (χ2n) is 8.05. The lowest BCUT2D eigenvalue weighted by molar-refractivity contribution is 0.194. The van der Waals surface area contributed by atoms with Crippen LogP contribution in [0.3, 0.4) is 0 Å². The second kappa shape index (κ2) is 18.2. The third-order valence-electron chi connectivity index (χ3n) is 5.62. The molecular formula is C22H47N3O. The summed E-state index contributed by atoms with van der Waals surface area (Å²) < 4.78 is 0. The molecule has 2 N–H and O–H groups in total. The first kappa shape index (κ1) is 23.9. The highest BCUT2D eigenvalue weighted by molar-refractivity contribution is 4.68. The molecular weight excluding hydrogens is 322 g/mol. The first-order chi connectivity index (χ1) is 12.9. The van der Waals surface area contributed by atoms with Gasteiger partial charge in [-0.2, -0.15) is 0 Å². The fourth-order valence-corrected chi connectivity index (χ4v) is 3.91. The van der Waals surface area contributed by atoms with Crippen molar-refractivity contribution in [3.8, 4) is 0 Å². The Labute approximate surface area is 163 Å². The van der Waals surface area contributed by atoms with Crippen LogP contribution >= 0.6 is 0 Å². The van der Waals surface area contributed by atoms with Gasteiger partial charge in [0.05, 0.1) is 0 Å². The summed E-state index contributed by atoms with van der Waals surface area (Å²) in [5.41, 5.74) is 0. The zero-order valence-corrected chi connectivity index (χ0v) is 17.7. The van der Waals surface area contributed by atoms with Gasteiger partial charge >= 0.3 is 0 Å². The van der Waals surface area contributed by atoms with Crippen molar-refractivity contribution in [2.75, 3.05) is 59.0 Å². The fourth-order valence-electron chi connectivity index (χ4n) is 3.91. The first-order valence-corrected chi connectivity index (χ1v) is 11.6. The van der Waals surface area contributed by atoms with Gasteiger partial charge in [-0.1, -0.05) is 64.7 Å². The summed E-state index contributed by atoms with van der Waals surface area (Å²) in [4.78, 5) is 5.17. The minimum Gasteiger partial charge on any atom is -0.396 e. The van der Waals surface area contributed by atoms with E-state index in [-0.39, 0.29) is 0 Å². The third kappa shape index (κ3) is 14.0. The Morgan fingerprint density at radius 1 is 0.731 bits per heavy atom. The van der Waals surface area contributed by atoms with Crippen molar-refractivity contribution < 1.29 is 5.11 Å². The summed E-state index contributed by atoms with van der Waals surface area (Å²) in [5.74, 6) is 0. The first-order valence-electron chi connectivity index (χ1n) is 11.6. The average Bonchev–Trinajstić information content (AvgIpc) is 2.67. The molecule has 1 aliphatic heterocycles. The minimum absolute atomic E-state index is 0.326. The number of piperazine rings is 1. The average molecular weight is 370 g/mol. The molecule has 4 nitrogen and oxygen atoms in total. The topological polar surface area (TPSA) is 38.7 Å². The molecule has 0 spiro atoms. The molecule has 4 heteroatoms. The van der Waals surface area contributed by atoms with Gasteiger partial charge in [-0.25, -0.2) is 0 Å². The molecule has 0 radical (unpaired) electrons. The monoisotopic (exact) mass is 369 g/mol. The maximum Gasteiger partial charge on any atom is 0.0443 e. The van der Waals surface area contributed by atoms with E-state index in [4.69, 9.17) is 5.11 Å². The van der Waals surface area contributed by atoms with Crippen LogP contribution in [0.2, 0.25) is 0 Å². The fraction of sp³-hybridized carbons (Fsp3) is 1.00. The van der Waals surface area contributed by atoms with Crippen molar-refractivity contribution >= 4 is 0 Å². The third-order valence-corrected chi connectivity index (χ3v) is 5.62. The summed E-state index contributed by atoms with van der Waals surface area (Å²) in [6.45, 7) is 12.0. The molecule has 1 saturated heterocycles. The predicted octanol–water partition coefficient (Wildman–Crippen LogP) is 3.89. The van der Waals surface area contributed by atoms with E-state index in [1.54, 1.807) is 0 Å². The number of aliphatic hydroxyl groups excluding tert-OH is 1. The van der Waals surface area contributed by atoms with Crippen molar-refractivity contribution in [1.82, 2.24) is 15.1 Å². The Morgan fingerprint density at radius 3 is 1.88 bits per heavy atom. The van der Waals surface area contributed by atoms with E-state index >= 15 is 0 Å². The molecule has 156 valence electrons. The van der Waals surface area contributed by atoms with Gasteiger partial charge in [-0.15, -0.1) is 0 Å². The smallest absolute Gasteiger partial charge is 0.0443 e. The Morgan fingerprint density at radius 2 is 1.27 bits per heavy atom. The van der Waals surface area contributed by atoms with Crippen molar-refractivity contribution in [3.05, 3.63) is 0 Å². The van der Waals surface area contributed by atoms with Crippen LogP contribution in [0.15, 0.2) is 0 Å². The van der Waals surface area contributed by atoms with Crippen LogP contribution in [0.4, 0.5) is 0 Å². The Hall–Kier alpha value is -0.160. The van der Waals surface area contributed by atoms with Crippen molar-refractivity contribution in [2.45, 2.75) is 84.0 Å². The van der Waals surface area contributed by atoms with Crippen LogP contribution in [0.25, 0.3) is 0 Å². The largest absolute Gasteiger partial charge is 0.396 e. The zero-order valence-electron chi connectivity index (χ0n) is 17.7. The van der Waals surface area contributed by atoms with E-state index in [9.17, 15) is 0 Å². The Kier molecular flexibility index (Phi) is 16.7. The Balaban J connectivity index is 1.98. The van der Waals surface area contributed by atoms with Gasteiger partial charge in [0.1, 0.15) is 0 Å². The SMILES string of the molecule is CCCCCCCCCCCCN(CCCO)CCCN1CCNCC1. The number of nitrogens with zero attached hydrogens (tertiary/aromatic N) is 2. The number of nitrogens with one attached hydrogen (secondary N) is 1. The standard InChI is InChI=1S/C22H47N3O/c1-2-3-4-5-6-7-8-9-10-11-16-24(19-13-22-26)17-12-18-25-20-14-23-15-21-25/h23,26H,2-22H2,1H3. The highest BCUT2D eigenvalue weighted by Gasteiger charge is 2.10. The molecule has 0 atom stereocenters. The molecule has 1 fully saturated rings. The summed E-state index contributed by atoms with van der Waals surface area (Å²) >= 11 is 0. The molecule has 0 bridgehead atoms. The van der Waals surface area contributed by atoms with E-state index < -0.39 is 0 Å². The molecule has 0 amide bonds. The normalized spacial score (nSPS) is 15.8. The minimum atomic E-state index is 0.326. The van der Waals surface area contributed by atoms with Gasteiger partial charge in [0.15, 0.2) is 0 Å². The second-order valence-corrected chi connectivity index (χ2v) is 8.05. The summed E-state index contributed by atoms with van der Waals surface area (Å²) in [6.07, 6.45) is 16.2. The maximum atomic E-state index is 9.15. The van der Waals surface area contributed by atoms with Gasteiger partial charge in [0, 0.05) is 39.3 Å².